The minimum absolute atomic E-state index is 0. The van der Waals surface area contributed by atoms with Crippen LogP contribution in [0.3, 0.4) is 0 Å². The summed E-state index contributed by atoms with van der Waals surface area (Å²) in [5.41, 5.74) is 0.312. The number of hydrogen-bond acceptors (Lipinski definition) is 2. The summed E-state index contributed by atoms with van der Waals surface area (Å²) in [6.07, 6.45) is 3.65. The number of halogens is 1. The molecule has 1 aliphatic heterocycles. The zero-order valence-electron chi connectivity index (χ0n) is 7.93. The van der Waals surface area contributed by atoms with E-state index < -0.39 is 0 Å². The number of carbonyl (C=O) groups is 1. The van der Waals surface area contributed by atoms with Crippen LogP contribution in [0.4, 0.5) is 0 Å². The van der Waals surface area contributed by atoms with Gasteiger partial charge in [-0.25, -0.2) is 0 Å². The molecular weight excluding hydrogens is 188 g/mol. The number of amides is 1. The Labute approximate surface area is 85.1 Å². The van der Waals surface area contributed by atoms with Crippen molar-refractivity contribution in [3.63, 3.8) is 0 Å². The Hall–Kier alpha value is -0.280. The van der Waals surface area contributed by atoms with E-state index >= 15 is 0 Å². The van der Waals surface area contributed by atoms with E-state index in [2.05, 4.69) is 17.6 Å². The fraction of sp³-hybridized carbons (Fsp3) is 0.889. The van der Waals surface area contributed by atoms with Crippen LogP contribution in [0.5, 0.6) is 0 Å². The molecule has 0 aromatic heterocycles. The molecule has 2 N–H and O–H groups in total. The highest BCUT2D eigenvalue weighted by molar-refractivity contribution is 5.85. The van der Waals surface area contributed by atoms with Crippen molar-refractivity contribution < 1.29 is 4.79 Å². The second-order valence-corrected chi connectivity index (χ2v) is 4.27. The van der Waals surface area contributed by atoms with Gasteiger partial charge in [0.05, 0.1) is 6.54 Å². The van der Waals surface area contributed by atoms with Gasteiger partial charge in [-0.1, -0.05) is 13.3 Å². The molecular formula is C9H17ClN2O. The maximum Gasteiger partial charge on any atom is 0.234 e. The molecule has 0 spiro atoms. The summed E-state index contributed by atoms with van der Waals surface area (Å²) in [6.45, 7) is 3.74. The van der Waals surface area contributed by atoms with Crippen LogP contribution in [0.2, 0.25) is 0 Å². The Morgan fingerprint density at radius 2 is 2.31 bits per heavy atom. The third kappa shape index (κ3) is 1.97. The van der Waals surface area contributed by atoms with E-state index in [1.54, 1.807) is 0 Å². The van der Waals surface area contributed by atoms with Gasteiger partial charge in [0.2, 0.25) is 5.91 Å². The molecule has 0 aromatic carbocycles. The highest BCUT2D eigenvalue weighted by Crippen LogP contribution is 2.37. The lowest BCUT2D eigenvalue weighted by molar-refractivity contribution is -0.120. The third-order valence-corrected chi connectivity index (χ3v) is 3.23. The van der Waals surface area contributed by atoms with Crippen molar-refractivity contribution in [1.29, 1.82) is 0 Å². The topological polar surface area (TPSA) is 41.1 Å². The quantitative estimate of drug-likeness (QED) is 0.610. The van der Waals surface area contributed by atoms with E-state index in [1.807, 2.05) is 0 Å². The van der Waals surface area contributed by atoms with Gasteiger partial charge in [0.1, 0.15) is 0 Å². The summed E-state index contributed by atoms with van der Waals surface area (Å²) in [6, 6.07) is 0.417. The molecule has 2 fully saturated rings. The monoisotopic (exact) mass is 204 g/mol. The molecule has 13 heavy (non-hydrogen) atoms. The van der Waals surface area contributed by atoms with Crippen molar-refractivity contribution >= 4 is 18.3 Å². The molecule has 1 heterocycles. The average Bonchev–Trinajstić information content (AvgIpc) is 2.27. The highest BCUT2D eigenvalue weighted by atomic mass is 35.5. The largest absolute Gasteiger partial charge is 0.352 e. The highest BCUT2D eigenvalue weighted by Gasteiger charge is 2.40. The lowest BCUT2D eigenvalue weighted by Gasteiger charge is -2.29. The van der Waals surface area contributed by atoms with E-state index in [0.29, 0.717) is 18.0 Å². The Morgan fingerprint density at radius 1 is 1.54 bits per heavy atom. The number of rotatable bonds is 0. The van der Waals surface area contributed by atoms with Gasteiger partial charge in [-0.2, -0.15) is 0 Å². The normalized spacial score (nSPS) is 38.5. The summed E-state index contributed by atoms with van der Waals surface area (Å²) < 4.78 is 0. The fourth-order valence-electron chi connectivity index (χ4n) is 2.40. The predicted octanol–water partition coefficient (Wildman–Crippen LogP) is 0.686. The zero-order chi connectivity index (χ0) is 8.60. The molecule has 3 nitrogen and oxygen atoms in total. The molecule has 4 heteroatoms. The van der Waals surface area contributed by atoms with Gasteiger partial charge in [-0.3, -0.25) is 4.79 Å². The first kappa shape index (κ1) is 10.8. The van der Waals surface area contributed by atoms with Gasteiger partial charge in [0.15, 0.2) is 0 Å². The Kier molecular flexibility index (Phi) is 3.19. The molecule has 0 unspecified atom stereocenters. The average molecular weight is 205 g/mol. The van der Waals surface area contributed by atoms with E-state index in [1.165, 1.54) is 12.8 Å². The minimum Gasteiger partial charge on any atom is -0.352 e. The van der Waals surface area contributed by atoms with Gasteiger partial charge in [0.25, 0.3) is 0 Å². The van der Waals surface area contributed by atoms with Gasteiger partial charge < -0.3 is 10.6 Å². The molecule has 2 atom stereocenters. The summed E-state index contributed by atoms with van der Waals surface area (Å²) in [7, 11) is 0. The zero-order valence-corrected chi connectivity index (χ0v) is 8.75. The van der Waals surface area contributed by atoms with Gasteiger partial charge >= 0.3 is 0 Å². The molecule has 1 amide bonds. The lowest BCUT2D eigenvalue weighted by atomic mass is 9.85. The van der Waals surface area contributed by atoms with Crippen molar-refractivity contribution in [2.75, 3.05) is 13.1 Å². The lowest BCUT2D eigenvalue weighted by Crippen LogP contribution is -2.42. The smallest absolute Gasteiger partial charge is 0.234 e. The van der Waals surface area contributed by atoms with Crippen LogP contribution in [0.25, 0.3) is 0 Å². The maximum atomic E-state index is 11.2. The number of hydrogen-bond donors (Lipinski definition) is 2. The summed E-state index contributed by atoms with van der Waals surface area (Å²) in [4.78, 5) is 11.2. The van der Waals surface area contributed by atoms with Crippen LogP contribution >= 0.6 is 12.4 Å². The summed E-state index contributed by atoms with van der Waals surface area (Å²) in [5, 5.41) is 6.28. The van der Waals surface area contributed by atoms with Crippen LogP contribution in [0, 0.1) is 5.41 Å². The van der Waals surface area contributed by atoms with E-state index in [0.717, 1.165) is 13.0 Å². The first-order valence-corrected chi connectivity index (χ1v) is 4.71. The molecule has 0 bridgehead atoms. The second kappa shape index (κ2) is 3.84. The SMILES string of the molecule is C[C@]12CCC[C@@H]1NC(=O)CNC2.Cl. The van der Waals surface area contributed by atoms with Crippen LogP contribution < -0.4 is 10.6 Å². The van der Waals surface area contributed by atoms with E-state index in [4.69, 9.17) is 0 Å². The Balaban J connectivity index is 0.000000845. The van der Waals surface area contributed by atoms with Gasteiger partial charge in [-0.15, -0.1) is 12.4 Å². The fourth-order valence-corrected chi connectivity index (χ4v) is 2.40. The van der Waals surface area contributed by atoms with Crippen molar-refractivity contribution in [3.8, 4) is 0 Å². The maximum absolute atomic E-state index is 11.2. The van der Waals surface area contributed by atoms with Crippen LogP contribution in [-0.2, 0) is 4.79 Å². The Bertz CT molecular complexity index is 210. The molecule has 76 valence electrons. The van der Waals surface area contributed by atoms with E-state index in [-0.39, 0.29) is 18.3 Å². The second-order valence-electron chi connectivity index (χ2n) is 4.27. The molecule has 0 aromatic rings. The first-order chi connectivity index (χ1) is 5.71. The van der Waals surface area contributed by atoms with E-state index in [9.17, 15) is 4.79 Å². The predicted molar refractivity (Wildman–Crippen MR) is 54.0 cm³/mol. The summed E-state index contributed by atoms with van der Waals surface area (Å²) in [5.74, 6) is 0.158. The van der Waals surface area contributed by atoms with Crippen molar-refractivity contribution in [1.82, 2.24) is 10.6 Å². The van der Waals surface area contributed by atoms with Crippen LogP contribution in [0.1, 0.15) is 26.2 Å². The van der Waals surface area contributed by atoms with Crippen molar-refractivity contribution in [2.24, 2.45) is 5.41 Å². The van der Waals surface area contributed by atoms with Crippen LogP contribution in [0.15, 0.2) is 0 Å². The third-order valence-electron chi connectivity index (χ3n) is 3.23. The molecule has 2 aliphatic rings. The molecule has 1 saturated heterocycles. The van der Waals surface area contributed by atoms with Gasteiger partial charge in [-0.05, 0) is 12.8 Å². The molecule has 1 saturated carbocycles. The number of carbonyl (C=O) groups excluding carboxylic acids is 1. The molecule has 2 rings (SSSR count). The molecule has 0 radical (unpaired) electrons. The van der Waals surface area contributed by atoms with Crippen LogP contribution in [-0.4, -0.2) is 25.0 Å². The van der Waals surface area contributed by atoms with Gasteiger partial charge in [0, 0.05) is 18.0 Å². The Morgan fingerprint density at radius 3 is 3.08 bits per heavy atom. The molecule has 1 aliphatic carbocycles. The van der Waals surface area contributed by atoms with Crippen molar-refractivity contribution in [2.45, 2.75) is 32.2 Å². The number of nitrogens with one attached hydrogen (secondary N) is 2. The standard InChI is InChI=1S/C9H16N2O.ClH/c1-9-4-2-3-7(9)11-8(12)5-10-6-9;/h7,10H,2-6H2,1H3,(H,11,12);1H/t7-,9+;/m0./s1. The number of fused-ring (bicyclic) bond motifs is 1. The van der Waals surface area contributed by atoms with Crippen molar-refractivity contribution in [3.05, 3.63) is 0 Å². The first-order valence-electron chi connectivity index (χ1n) is 4.71. The minimum atomic E-state index is 0. The summed E-state index contributed by atoms with van der Waals surface area (Å²) >= 11 is 0.